The van der Waals surface area contributed by atoms with Gasteiger partial charge in [0.1, 0.15) is 23.2 Å². The molecule has 0 spiro atoms. The van der Waals surface area contributed by atoms with E-state index in [1.165, 1.54) is 0 Å². The summed E-state index contributed by atoms with van der Waals surface area (Å²) in [6.07, 6.45) is 0. The molecule has 0 atom stereocenters. The molecule has 4 aromatic rings. The standard InChI is InChI=1S/C21H16N4O2/c22-20-19(21-23-14-7-1-2-8-15(14)24-21)18(27)11-25(20)16-9-3-6-13-12(16)5-4-10-17(13)26/h1-10,22,26-27H,11H2,(H,23,24). The predicted molar refractivity (Wildman–Crippen MR) is 106 cm³/mol. The zero-order chi connectivity index (χ0) is 18.5. The van der Waals surface area contributed by atoms with E-state index in [-0.39, 0.29) is 23.9 Å². The van der Waals surface area contributed by atoms with Crippen LogP contribution in [0.4, 0.5) is 5.69 Å². The average Bonchev–Trinajstić information content (AvgIpc) is 3.21. The van der Waals surface area contributed by atoms with E-state index < -0.39 is 0 Å². The van der Waals surface area contributed by atoms with Gasteiger partial charge in [0.15, 0.2) is 0 Å². The van der Waals surface area contributed by atoms with Gasteiger partial charge >= 0.3 is 0 Å². The molecule has 6 nitrogen and oxygen atoms in total. The number of nitrogens with zero attached hydrogens (tertiary/aromatic N) is 2. The van der Waals surface area contributed by atoms with Gasteiger partial charge in [0.2, 0.25) is 0 Å². The van der Waals surface area contributed by atoms with E-state index in [0.717, 1.165) is 22.1 Å². The van der Waals surface area contributed by atoms with Crippen LogP contribution in [0.3, 0.4) is 0 Å². The normalized spacial score (nSPS) is 14.7. The molecule has 1 aliphatic heterocycles. The molecule has 0 amide bonds. The number of H-pyrrole nitrogens is 1. The predicted octanol–water partition coefficient (Wildman–Crippen LogP) is 4.19. The first kappa shape index (κ1) is 15.5. The van der Waals surface area contributed by atoms with Crippen molar-refractivity contribution in [3.8, 4) is 5.75 Å². The third-order valence-electron chi connectivity index (χ3n) is 4.90. The van der Waals surface area contributed by atoms with Gasteiger partial charge in [-0.1, -0.05) is 36.4 Å². The summed E-state index contributed by atoms with van der Waals surface area (Å²) in [4.78, 5) is 9.42. The first-order chi connectivity index (χ1) is 13.1. The van der Waals surface area contributed by atoms with E-state index >= 15 is 0 Å². The molecule has 0 aliphatic carbocycles. The number of anilines is 1. The topological polar surface area (TPSA) is 96.2 Å². The summed E-state index contributed by atoms with van der Waals surface area (Å²) in [5.74, 6) is 0.928. The number of aliphatic hydroxyl groups is 1. The molecule has 0 saturated heterocycles. The highest BCUT2D eigenvalue weighted by Crippen LogP contribution is 2.36. The molecule has 4 N–H and O–H groups in total. The van der Waals surface area contributed by atoms with Gasteiger partial charge in [-0.2, -0.15) is 0 Å². The molecule has 0 fully saturated rings. The lowest BCUT2D eigenvalue weighted by Crippen LogP contribution is -2.26. The Bertz CT molecular complexity index is 1220. The van der Waals surface area contributed by atoms with Gasteiger partial charge in [-0.3, -0.25) is 5.41 Å². The first-order valence-electron chi connectivity index (χ1n) is 8.58. The van der Waals surface area contributed by atoms with Crippen LogP contribution in [0.25, 0.3) is 27.4 Å². The summed E-state index contributed by atoms with van der Waals surface area (Å²) in [5.41, 5.74) is 2.79. The lowest BCUT2D eigenvalue weighted by molar-refractivity contribution is 0.411. The van der Waals surface area contributed by atoms with Gasteiger partial charge < -0.3 is 20.1 Å². The van der Waals surface area contributed by atoms with Crippen LogP contribution in [0.15, 0.2) is 66.4 Å². The zero-order valence-corrected chi connectivity index (χ0v) is 14.3. The minimum Gasteiger partial charge on any atom is -0.509 e. The third kappa shape index (κ3) is 2.27. The lowest BCUT2D eigenvalue weighted by Gasteiger charge is -2.21. The third-order valence-corrected chi connectivity index (χ3v) is 4.90. The molecule has 0 unspecified atom stereocenters. The highest BCUT2D eigenvalue weighted by molar-refractivity contribution is 6.31. The Morgan fingerprint density at radius 3 is 2.56 bits per heavy atom. The lowest BCUT2D eigenvalue weighted by atomic mass is 10.1. The minimum absolute atomic E-state index is 0.0937. The Hall–Kier alpha value is -3.80. The molecular weight excluding hydrogens is 340 g/mol. The summed E-state index contributed by atoms with van der Waals surface area (Å²) in [7, 11) is 0. The van der Waals surface area contributed by atoms with Gasteiger partial charge in [-0.15, -0.1) is 0 Å². The molecule has 0 bridgehead atoms. The van der Waals surface area contributed by atoms with E-state index in [2.05, 4.69) is 9.97 Å². The number of rotatable bonds is 2. The molecule has 2 heterocycles. The molecule has 5 rings (SSSR count). The van der Waals surface area contributed by atoms with Crippen molar-refractivity contribution in [3.05, 3.63) is 72.2 Å². The second-order valence-corrected chi connectivity index (χ2v) is 6.51. The quantitative estimate of drug-likeness (QED) is 0.433. The van der Waals surface area contributed by atoms with Crippen molar-refractivity contribution in [2.24, 2.45) is 0 Å². The molecule has 3 aromatic carbocycles. The van der Waals surface area contributed by atoms with Crippen molar-refractivity contribution < 1.29 is 10.2 Å². The van der Waals surface area contributed by atoms with Crippen LogP contribution in [-0.2, 0) is 0 Å². The van der Waals surface area contributed by atoms with E-state index in [9.17, 15) is 10.2 Å². The maximum atomic E-state index is 10.6. The van der Waals surface area contributed by atoms with Crippen LogP contribution in [0, 0.1) is 5.41 Å². The van der Waals surface area contributed by atoms with Crippen LogP contribution >= 0.6 is 0 Å². The van der Waals surface area contributed by atoms with Crippen LogP contribution in [0.1, 0.15) is 5.82 Å². The van der Waals surface area contributed by atoms with Gasteiger partial charge in [0, 0.05) is 10.8 Å². The van der Waals surface area contributed by atoms with E-state index in [1.807, 2.05) is 48.5 Å². The number of imidazole rings is 1. The fourth-order valence-corrected chi connectivity index (χ4v) is 3.62. The van der Waals surface area contributed by atoms with Crippen LogP contribution in [-0.4, -0.2) is 32.6 Å². The summed E-state index contributed by atoms with van der Waals surface area (Å²) in [5, 5.41) is 30.9. The molecule has 0 radical (unpaired) electrons. The van der Waals surface area contributed by atoms with E-state index in [4.69, 9.17) is 5.41 Å². The van der Waals surface area contributed by atoms with Crippen molar-refractivity contribution in [2.45, 2.75) is 0 Å². The molecule has 1 aromatic heterocycles. The minimum atomic E-state index is 0.0937. The molecule has 6 heteroatoms. The summed E-state index contributed by atoms with van der Waals surface area (Å²) in [6.45, 7) is 0.181. The number of para-hydroxylation sites is 2. The van der Waals surface area contributed by atoms with E-state index in [1.54, 1.807) is 17.0 Å². The number of amidine groups is 1. The zero-order valence-electron chi connectivity index (χ0n) is 14.3. The number of aromatic nitrogens is 2. The Kier molecular flexibility index (Phi) is 3.21. The highest BCUT2D eigenvalue weighted by Gasteiger charge is 2.32. The number of nitrogens with one attached hydrogen (secondary N) is 2. The number of hydrogen-bond donors (Lipinski definition) is 4. The smallest absolute Gasteiger partial charge is 0.145 e. The van der Waals surface area contributed by atoms with Crippen molar-refractivity contribution in [2.75, 3.05) is 11.4 Å². The fraction of sp³-hybridized carbons (Fsp3) is 0.0476. The Balaban J connectivity index is 1.61. The number of aromatic hydroxyl groups is 1. The molecule has 1 aliphatic rings. The van der Waals surface area contributed by atoms with Crippen molar-refractivity contribution >= 4 is 38.9 Å². The Morgan fingerprint density at radius 1 is 0.926 bits per heavy atom. The van der Waals surface area contributed by atoms with E-state index in [0.29, 0.717) is 16.8 Å². The van der Waals surface area contributed by atoms with Gasteiger partial charge in [-0.25, -0.2) is 4.98 Å². The van der Waals surface area contributed by atoms with Crippen molar-refractivity contribution in [3.63, 3.8) is 0 Å². The second kappa shape index (κ2) is 5.60. The number of benzene rings is 3. The van der Waals surface area contributed by atoms with Crippen LogP contribution < -0.4 is 4.90 Å². The van der Waals surface area contributed by atoms with Gasteiger partial charge in [0.05, 0.1) is 28.8 Å². The Labute approximate surface area is 154 Å². The second-order valence-electron chi connectivity index (χ2n) is 6.51. The summed E-state index contributed by atoms with van der Waals surface area (Å²) >= 11 is 0. The van der Waals surface area contributed by atoms with Crippen LogP contribution in [0.2, 0.25) is 0 Å². The first-order valence-corrected chi connectivity index (χ1v) is 8.58. The largest absolute Gasteiger partial charge is 0.509 e. The molecule has 132 valence electrons. The van der Waals surface area contributed by atoms with Gasteiger partial charge in [0.25, 0.3) is 0 Å². The van der Waals surface area contributed by atoms with Crippen molar-refractivity contribution in [1.29, 1.82) is 5.41 Å². The summed E-state index contributed by atoms with van der Waals surface area (Å²) < 4.78 is 0. The number of phenolic OH excluding ortho intramolecular Hbond substituents is 1. The van der Waals surface area contributed by atoms with Crippen molar-refractivity contribution in [1.82, 2.24) is 9.97 Å². The number of aliphatic hydroxyl groups excluding tert-OH is 1. The fourth-order valence-electron chi connectivity index (χ4n) is 3.62. The summed E-state index contributed by atoms with van der Waals surface area (Å²) in [6, 6.07) is 18.5. The number of aromatic amines is 1. The SMILES string of the molecule is N=C1C(c2nc3ccccc3[nH]2)=C(O)CN1c1cccc2c(O)cccc12. The maximum absolute atomic E-state index is 10.6. The van der Waals surface area contributed by atoms with Gasteiger partial charge in [-0.05, 0) is 24.3 Å². The average molecular weight is 356 g/mol. The number of phenols is 1. The Morgan fingerprint density at radius 2 is 1.70 bits per heavy atom. The van der Waals surface area contributed by atoms with Crippen LogP contribution in [0.5, 0.6) is 5.75 Å². The number of hydrogen-bond acceptors (Lipinski definition) is 4. The molecular formula is C21H16N4O2. The maximum Gasteiger partial charge on any atom is 0.145 e. The monoisotopic (exact) mass is 356 g/mol. The molecule has 27 heavy (non-hydrogen) atoms. The number of fused-ring (bicyclic) bond motifs is 2. The molecule has 0 saturated carbocycles. The highest BCUT2D eigenvalue weighted by atomic mass is 16.3.